The van der Waals surface area contributed by atoms with Crippen molar-refractivity contribution in [3.63, 3.8) is 0 Å². The summed E-state index contributed by atoms with van der Waals surface area (Å²) >= 11 is 0. The molecule has 0 aliphatic carbocycles. The quantitative estimate of drug-likeness (QED) is 0.709. The molecule has 0 aromatic heterocycles. The molecule has 0 heterocycles. The van der Waals surface area contributed by atoms with Gasteiger partial charge in [-0.3, -0.25) is 9.59 Å². The van der Waals surface area contributed by atoms with Crippen molar-refractivity contribution in [1.82, 2.24) is 5.32 Å². The van der Waals surface area contributed by atoms with Gasteiger partial charge in [-0.2, -0.15) is 0 Å². The Morgan fingerprint density at radius 3 is 2.55 bits per heavy atom. The fourth-order valence-corrected chi connectivity index (χ4v) is 1.58. The second-order valence-electron chi connectivity index (χ2n) is 4.21. The summed E-state index contributed by atoms with van der Waals surface area (Å²) in [6.45, 7) is 3.17. The first-order chi connectivity index (χ1) is 9.38. The van der Waals surface area contributed by atoms with Crippen LogP contribution in [0.4, 0.5) is 5.69 Å². The Morgan fingerprint density at radius 2 is 1.95 bits per heavy atom. The Balaban J connectivity index is 2.72. The van der Waals surface area contributed by atoms with Crippen LogP contribution in [0.25, 0.3) is 0 Å². The fourth-order valence-electron chi connectivity index (χ4n) is 1.58. The third-order valence-corrected chi connectivity index (χ3v) is 2.44. The summed E-state index contributed by atoms with van der Waals surface area (Å²) in [6.07, 6.45) is 1.73. The van der Waals surface area contributed by atoms with E-state index in [1.54, 1.807) is 31.2 Å². The molecule has 1 unspecified atom stereocenters. The number of hydrogen-bond acceptors (Lipinski definition) is 3. The van der Waals surface area contributed by atoms with Gasteiger partial charge in [-0.25, -0.2) is 4.79 Å². The molecule has 1 atom stereocenters. The highest BCUT2D eigenvalue weighted by Crippen LogP contribution is 2.17. The SMILES string of the molecule is CC(=O)Nc1cccc(C(C)NC(=O)/C=C/C(=O)O)c1. The van der Waals surface area contributed by atoms with E-state index >= 15 is 0 Å². The van der Waals surface area contributed by atoms with Crippen molar-refractivity contribution in [2.24, 2.45) is 0 Å². The van der Waals surface area contributed by atoms with Gasteiger partial charge in [0.2, 0.25) is 11.8 Å². The highest BCUT2D eigenvalue weighted by atomic mass is 16.4. The Hall–Kier alpha value is -2.63. The second-order valence-corrected chi connectivity index (χ2v) is 4.21. The molecule has 0 bridgehead atoms. The van der Waals surface area contributed by atoms with E-state index in [0.717, 1.165) is 17.7 Å². The molecule has 20 heavy (non-hydrogen) atoms. The van der Waals surface area contributed by atoms with Crippen LogP contribution in [0.3, 0.4) is 0 Å². The lowest BCUT2D eigenvalue weighted by atomic mass is 10.1. The van der Waals surface area contributed by atoms with Crippen LogP contribution in [-0.4, -0.2) is 22.9 Å². The summed E-state index contributed by atoms with van der Waals surface area (Å²) in [5.74, 6) is -1.85. The average Bonchev–Trinajstić information content (AvgIpc) is 2.36. The summed E-state index contributed by atoms with van der Waals surface area (Å²) in [5, 5.41) is 13.7. The second kappa shape index (κ2) is 7.08. The van der Waals surface area contributed by atoms with Crippen LogP contribution in [0, 0.1) is 0 Å². The van der Waals surface area contributed by atoms with Gasteiger partial charge in [0.1, 0.15) is 0 Å². The van der Waals surface area contributed by atoms with Crippen LogP contribution < -0.4 is 10.6 Å². The number of carboxylic acid groups (broad SMARTS) is 1. The molecule has 0 spiro atoms. The molecule has 0 fully saturated rings. The molecule has 0 saturated carbocycles. The van der Waals surface area contributed by atoms with E-state index in [1.807, 2.05) is 0 Å². The van der Waals surface area contributed by atoms with E-state index in [2.05, 4.69) is 10.6 Å². The molecule has 6 nitrogen and oxygen atoms in total. The number of amides is 2. The van der Waals surface area contributed by atoms with Crippen LogP contribution in [0.15, 0.2) is 36.4 Å². The van der Waals surface area contributed by atoms with Crippen molar-refractivity contribution in [1.29, 1.82) is 0 Å². The zero-order valence-electron chi connectivity index (χ0n) is 11.2. The van der Waals surface area contributed by atoms with Crippen LogP contribution in [-0.2, 0) is 14.4 Å². The van der Waals surface area contributed by atoms with E-state index in [4.69, 9.17) is 5.11 Å². The lowest BCUT2D eigenvalue weighted by Crippen LogP contribution is -2.25. The van der Waals surface area contributed by atoms with Crippen molar-refractivity contribution >= 4 is 23.5 Å². The maximum absolute atomic E-state index is 11.5. The van der Waals surface area contributed by atoms with Gasteiger partial charge in [0.25, 0.3) is 0 Å². The highest BCUT2D eigenvalue weighted by molar-refractivity contribution is 5.94. The van der Waals surface area contributed by atoms with Gasteiger partial charge in [0.15, 0.2) is 0 Å². The molecule has 106 valence electrons. The minimum atomic E-state index is -1.18. The Morgan fingerprint density at radius 1 is 1.25 bits per heavy atom. The lowest BCUT2D eigenvalue weighted by molar-refractivity contribution is -0.131. The molecule has 0 saturated heterocycles. The summed E-state index contributed by atoms with van der Waals surface area (Å²) in [6, 6.07) is 6.74. The van der Waals surface area contributed by atoms with Gasteiger partial charge >= 0.3 is 5.97 Å². The topological polar surface area (TPSA) is 95.5 Å². The van der Waals surface area contributed by atoms with Gasteiger partial charge in [-0.05, 0) is 24.6 Å². The van der Waals surface area contributed by atoms with Crippen molar-refractivity contribution < 1.29 is 19.5 Å². The zero-order valence-corrected chi connectivity index (χ0v) is 11.2. The average molecular weight is 276 g/mol. The number of carbonyl (C=O) groups is 3. The number of carbonyl (C=O) groups excluding carboxylic acids is 2. The van der Waals surface area contributed by atoms with E-state index < -0.39 is 11.9 Å². The molecule has 1 aromatic carbocycles. The smallest absolute Gasteiger partial charge is 0.328 e. The molecule has 0 radical (unpaired) electrons. The highest BCUT2D eigenvalue weighted by Gasteiger charge is 2.08. The Kier molecular flexibility index (Phi) is 5.46. The monoisotopic (exact) mass is 276 g/mol. The van der Waals surface area contributed by atoms with Gasteiger partial charge in [-0.15, -0.1) is 0 Å². The zero-order chi connectivity index (χ0) is 15.1. The van der Waals surface area contributed by atoms with Crippen molar-refractivity contribution in [3.8, 4) is 0 Å². The van der Waals surface area contributed by atoms with Gasteiger partial charge in [0, 0.05) is 24.8 Å². The van der Waals surface area contributed by atoms with Crippen molar-refractivity contribution in [2.45, 2.75) is 19.9 Å². The minimum Gasteiger partial charge on any atom is -0.478 e. The van der Waals surface area contributed by atoms with Crippen LogP contribution in [0.2, 0.25) is 0 Å². The molecular formula is C14H16N2O4. The lowest BCUT2D eigenvalue weighted by Gasteiger charge is -2.14. The number of anilines is 1. The minimum absolute atomic E-state index is 0.178. The number of benzene rings is 1. The molecular weight excluding hydrogens is 260 g/mol. The molecule has 0 aliphatic heterocycles. The number of carboxylic acids is 1. The number of rotatable bonds is 5. The molecule has 1 aromatic rings. The van der Waals surface area contributed by atoms with E-state index in [9.17, 15) is 14.4 Å². The molecule has 1 rings (SSSR count). The molecule has 2 amide bonds. The summed E-state index contributed by atoms with van der Waals surface area (Å²) in [4.78, 5) is 32.7. The van der Waals surface area contributed by atoms with E-state index in [-0.39, 0.29) is 11.9 Å². The summed E-state index contributed by atoms with van der Waals surface area (Å²) < 4.78 is 0. The Labute approximate surface area is 116 Å². The Bertz CT molecular complexity index is 552. The first-order valence-electron chi connectivity index (χ1n) is 5.97. The molecule has 6 heteroatoms. The largest absolute Gasteiger partial charge is 0.478 e. The fraction of sp³-hybridized carbons (Fsp3) is 0.214. The first kappa shape index (κ1) is 15.4. The predicted molar refractivity (Wildman–Crippen MR) is 74.1 cm³/mol. The number of nitrogens with one attached hydrogen (secondary N) is 2. The molecule has 0 aliphatic rings. The maximum Gasteiger partial charge on any atom is 0.328 e. The van der Waals surface area contributed by atoms with E-state index in [1.165, 1.54) is 6.92 Å². The van der Waals surface area contributed by atoms with Crippen molar-refractivity contribution in [3.05, 3.63) is 42.0 Å². The third-order valence-electron chi connectivity index (χ3n) is 2.44. The maximum atomic E-state index is 11.5. The summed E-state index contributed by atoms with van der Waals surface area (Å²) in [7, 11) is 0. The van der Waals surface area contributed by atoms with Crippen LogP contribution >= 0.6 is 0 Å². The number of hydrogen-bond donors (Lipinski definition) is 3. The van der Waals surface area contributed by atoms with Crippen molar-refractivity contribution in [2.75, 3.05) is 5.32 Å². The normalized spacial score (nSPS) is 11.9. The van der Waals surface area contributed by atoms with Crippen LogP contribution in [0.5, 0.6) is 0 Å². The van der Waals surface area contributed by atoms with E-state index in [0.29, 0.717) is 5.69 Å². The standard InChI is InChI=1S/C14H16N2O4/c1-9(15-13(18)6-7-14(19)20)11-4-3-5-12(8-11)16-10(2)17/h3-9H,1-2H3,(H,15,18)(H,16,17)(H,19,20)/b7-6+. The van der Waals surface area contributed by atoms with Gasteiger partial charge < -0.3 is 15.7 Å². The van der Waals surface area contributed by atoms with Gasteiger partial charge in [0.05, 0.1) is 6.04 Å². The number of aliphatic carboxylic acids is 1. The third kappa shape index (κ3) is 5.34. The summed E-state index contributed by atoms with van der Waals surface area (Å²) in [5.41, 5.74) is 1.44. The van der Waals surface area contributed by atoms with Gasteiger partial charge in [-0.1, -0.05) is 12.1 Å². The predicted octanol–water partition coefficient (Wildman–Crippen LogP) is 1.46. The first-order valence-corrected chi connectivity index (χ1v) is 5.97. The molecule has 3 N–H and O–H groups in total. The van der Waals surface area contributed by atoms with Crippen LogP contribution in [0.1, 0.15) is 25.5 Å².